The van der Waals surface area contributed by atoms with Crippen LogP contribution in [-0.4, -0.2) is 91.6 Å². The van der Waals surface area contributed by atoms with Gasteiger partial charge in [0, 0.05) is 39.0 Å². The molecule has 0 fully saturated rings. The first-order chi connectivity index (χ1) is 18.9. The maximum Gasteiger partial charge on any atom is 0.508 e. The quantitative estimate of drug-likeness (QED) is 0.0920. The van der Waals surface area contributed by atoms with E-state index in [4.69, 9.17) is 19.3 Å². The Labute approximate surface area is 237 Å². The van der Waals surface area contributed by atoms with Crippen LogP contribution >= 0.6 is 0 Å². The summed E-state index contributed by atoms with van der Waals surface area (Å²) in [6.07, 6.45) is 10.9. The van der Waals surface area contributed by atoms with Gasteiger partial charge in [0.25, 0.3) is 0 Å². The van der Waals surface area contributed by atoms with Crippen molar-refractivity contribution in [2.75, 3.05) is 52.5 Å². The normalized spacial score (nSPS) is 12.1. The van der Waals surface area contributed by atoms with E-state index < -0.39 is 12.1 Å². The van der Waals surface area contributed by atoms with Crippen molar-refractivity contribution in [1.82, 2.24) is 9.80 Å². The molecule has 0 aromatic carbocycles. The molecule has 0 aliphatic rings. The molecular formula is C30H58N2O7. The molecule has 0 amide bonds. The van der Waals surface area contributed by atoms with Crippen LogP contribution in [0.25, 0.3) is 0 Å². The molecule has 0 heterocycles. The highest BCUT2D eigenvalue weighted by atomic mass is 16.7. The molecule has 0 saturated heterocycles. The summed E-state index contributed by atoms with van der Waals surface area (Å²) in [6, 6.07) is 0. The topological polar surface area (TPSA) is 106 Å². The highest BCUT2D eigenvalue weighted by molar-refractivity contribution is 5.69. The number of hydrogen-bond acceptors (Lipinski definition) is 8. The standard InChI is InChI=1S/C30H58N2O7/c1-5-9-11-13-15-20-29(35)37-25-23-32(22-21-31(7-3)8-4)24-26-38-30(36)39-27(17-14-12-10-6-2)18-16-19-28(33)34/h27H,5-26H2,1-4H3,(H,33,34). The Balaban J connectivity index is 4.61. The van der Waals surface area contributed by atoms with E-state index in [1.54, 1.807) is 0 Å². The highest BCUT2D eigenvalue weighted by Crippen LogP contribution is 2.15. The number of esters is 1. The molecule has 0 aromatic heterocycles. The number of carbonyl (C=O) groups is 3. The molecule has 0 aliphatic heterocycles. The summed E-state index contributed by atoms with van der Waals surface area (Å²) in [5, 5.41) is 8.92. The van der Waals surface area contributed by atoms with Gasteiger partial charge < -0.3 is 24.2 Å². The zero-order valence-corrected chi connectivity index (χ0v) is 25.4. The molecule has 1 unspecified atom stereocenters. The van der Waals surface area contributed by atoms with Crippen LogP contribution < -0.4 is 0 Å². The second-order valence-corrected chi connectivity index (χ2v) is 10.2. The van der Waals surface area contributed by atoms with Crippen molar-refractivity contribution in [2.45, 2.75) is 124 Å². The van der Waals surface area contributed by atoms with Gasteiger partial charge in [0.1, 0.15) is 19.3 Å². The van der Waals surface area contributed by atoms with E-state index >= 15 is 0 Å². The fourth-order valence-corrected chi connectivity index (χ4v) is 4.36. The lowest BCUT2D eigenvalue weighted by Gasteiger charge is -2.26. The summed E-state index contributed by atoms with van der Waals surface area (Å²) in [4.78, 5) is 39.8. The number of carbonyl (C=O) groups excluding carboxylic acids is 2. The average molecular weight is 559 g/mol. The number of nitrogens with zero attached hydrogens (tertiary/aromatic N) is 2. The summed E-state index contributed by atoms with van der Waals surface area (Å²) in [7, 11) is 0. The van der Waals surface area contributed by atoms with Gasteiger partial charge in [0.15, 0.2) is 0 Å². The van der Waals surface area contributed by atoms with Crippen LogP contribution in [-0.2, 0) is 23.8 Å². The third kappa shape index (κ3) is 23.7. The molecule has 0 spiro atoms. The molecule has 230 valence electrons. The molecule has 1 N–H and O–H groups in total. The molecule has 1 atom stereocenters. The Hall–Kier alpha value is -1.87. The van der Waals surface area contributed by atoms with Gasteiger partial charge in [0.05, 0.1) is 0 Å². The van der Waals surface area contributed by atoms with Crippen LogP contribution in [0.15, 0.2) is 0 Å². The van der Waals surface area contributed by atoms with Crippen molar-refractivity contribution in [3.63, 3.8) is 0 Å². The van der Waals surface area contributed by atoms with Crippen LogP contribution in [0.4, 0.5) is 4.79 Å². The maximum absolute atomic E-state index is 12.4. The summed E-state index contributed by atoms with van der Waals surface area (Å²) in [6.45, 7) is 13.8. The predicted octanol–water partition coefficient (Wildman–Crippen LogP) is 6.28. The molecule has 39 heavy (non-hydrogen) atoms. The number of rotatable bonds is 27. The molecule has 0 radical (unpaired) electrons. The molecule has 0 bridgehead atoms. The van der Waals surface area contributed by atoms with Gasteiger partial charge in [0.2, 0.25) is 0 Å². The lowest BCUT2D eigenvalue weighted by atomic mass is 10.0. The summed E-state index contributed by atoms with van der Waals surface area (Å²) < 4.78 is 16.4. The Kier molecular flexibility index (Phi) is 25.1. The molecule has 0 aromatic rings. The van der Waals surface area contributed by atoms with Gasteiger partial charge in [-0.2, -0.15) is 0 Å². The van der Waals surface area contributed by atoms with Gasteiger partial charge in [-0.3, -0.25) is 14.5 Å². The molecular weight excluding hydrogens is 500 g/mol. The van der Waals surface area contributed by atoms with Crippen molar-refractivity contribution < 1.29 is 33.7 Å². The molecule has 9 heteroatoms. The number of carboxylic acids is 1. The Morgan fingerprint density at radius 1 is 0.641 bits per heavy atom. The monoisotopic (exact) mass is 558 g/mol. The van der Waals surface area contributed by atoms with Crippen molar-refractivity contribution in [3.8, 4) is 0 Å². The third-order valence-corrected chi connectivity index (χ3v) is 6.97. The van der Waals surface area contributed by atoms with Crippen molar-refractivity contribution >= 4 is 18.1 Å². The van der Waals surface area contributed by atoms with Crippen LogP contribution in [0, 0.1) is 0 Å². The number of carboxylic acid groups (broad SMARTS) is 1. The summed E-state index contributed by atoms with van der Waals surface area (Å²) >= 11 is 0. The van der Waals surface area contributed by atoms with Gasteiger partial charge >= 0.3 is 18.1 Å². The van der Waals surface area contributed by atoms with Gasteiger partial charge in [-0.15, -0.1) is 0 Å². The minimum atomic E-state index is -0.843. The van der Waals surface area contributed by atoms with E-state index in [9.17, 15) is 14.4 Å². The molecule has 0 rings (SSSR count). The van der Waals surface area contributed by atoms with Crippen molar-refractivity contribution in [3.05, 3.63) is 0 Å². The lowest BCUT2D eigenvalue weighted by molar-refractivity contribution is -0.144. The number of hydrogen-bond donors (Lipinski definition) is 1. The number of unbranched alkanes of at least 4 members (excludes halogenated alkanes) is 7. The molecule has 0 saturated carbocycles. The first-order valence-electron chi connectivity index (χ1n) is 15.5. The highest BCUT2D eigenvalue weighted by Gasteiger charge is 2.17. The second-order valence-electron chi connectivity index (χ2n) is 10.2. The largest absolute Gasteiger partial charge is 0.508 e. The third-order valence-electron chi connectivity index (χ3n) is 6.97. The number of aliphatic carboxylic acids is 1. The maximum atomic E-state index is 12.4. The Morgan fingerprint density at radius 2 is 1.21 bits per heavy atom. The predicted molar refractivity (Wildman–Crippen MR) is 155 cm³/mol. The summed E-state index contributed by atoms with van der Waals surface area (Å²) in [5.41, 5.74) is 0. The number of likely N-dealkylation sites (N-methyl/N-ethyl adjacent to an activating group) is 1. The first kappa shape index (κ1) is 37.1. The van der Waals surface area contributed by atoms with E-state index in [-0.39, 0.29) is 25.1 Å². The molecule has 9 nitrogen and oxygen atoms in total. The zero-order valence-electron chi connectivity index (χ0n) is 25.4. The van der Waals surface area contributed by atoms with E-state index in [0.29, 0.717) is 45.4 Å². The lowest BCUT2D eigenvalue weighted by Crippen LogP contribution is -2.39. The number of ether oxygens (including phenoxy) is 3. The van der Waals surface area contributed by atoms with E-state index in [1.165, 1.54) is 12.8 Å². The fourth-order valence-electron chi connectivity index (χ4n) is 4.36. The SMILES string of the molecule is CCCCCCCC(=O)OCCN(CCOC(=O)OC(CCCCCC)CCCC(=O)O)CCN(CC)CC. The zero-order chi connectivity index (χ0) is 29.1. The fraction of sp³-hybridized carbons (Fsp3) is 0.900. The first-order valence-corrected chi connectivity index (χ1v) is 15.5. The van der Waals surface area contributed by atoms with Crippen LogP contribution in [0.5, 0.6) is 0 Å². The molecule has 0 aliphatic carbocycles. The minimum absolute atomic E-state index is 0.0643. The van der Waals surface area contributed by atoms with Crippen molar-refractivity contribution in [1.29, 1.82) is 0 Å². The van der Waals surface area contributed by atoms with E-state index in [0.717, 1.165) is 71.1 Å². The smallest absolute Gasteiger partial charge is 0.481 e. The van der Waals surface area contributed by atoms with Crippen LogP contribution in [0.2, 0.25) is 0 Å². The Bertz CT molecular complexity index is 614. The van der Waals surface area contributed by atoms with Gasteiger partial charge in [-0.25, -0.2) is 4.79 Å². The Morgan fingerprint density at radius 3 is 1.82 bits per heavy atom. The summed E-state index contributed by atoms with van der Waals surface area (Å²) in [5.74, 6) is -0.993. The van der Waals surface area contributed by atoms with Gasteiger partial charge in [-0.05, 0) is 45.2 Å². The second kappa shape index (κ2) is 26.4. The minimum Gasteiger partial charge on any atom is -0.481 e. The van der Waals surface area contributed by atoms with Crippen LogP contribution in [0.3, 0.4) is 0 Å². The van der Waals surface area contributed by atoms with E-state index in [1.807, 2.05) is 0 Å². The van der Waals surface area contributed by atoms with Crippen molar-refractivity contribution in [2.24, 2.45) is 0 Å². The van der Waals surface area contributed by atoms with Gasteiger partial charge in [-0.1, -0.05) is 72.6 Å². The van der Waals surface area contributed by atoms with Crippen LogP contribution in [0.1, 0.15) is 118 Å². The average Bonchev–Trinajstić information content (AvgIpc) is 2.90. The van der Waals surface area contributed by atoms with E-state index in [2.05, 4.69) is 37.5 Å².